The fraction of sp³-hybridized carbons (Fsp3) is 0.167. The number of amides is 1. The molecule has 4 aromatic rings. The number of benzene rings is 2. The first-order valence-corrected chi connectivity index (χ1v) is 10.3. The molecule has 0 aliphatic carbocycles. The first kappa shape index (κ1) is 21.6. The summed E-state index contributed by atoms with van der Waals surface area (Å²) in [6, 6.07) is 19.5. The Morgan fingerprint density at radius 3 is 2.76 bits per heavy atom. The Morgan fingerprint density at radius 2 is 1.97 bits per heavy atom. The van der Waals surface area contributed by atoms with Crippen molar-refractivity contribution in [2.45, 2.75) is 12.8 Å². The second-order valence-electron chi connectivity index (χ2n) is 7.26. The smallest absolute Gasteiger partial charge is 0.336 e. The molecular formula is C24H21N5O4. The number of nitrogens with two attached hydrogens (primary N) is 1. The fourth-order valence-corrected chi connectivity index (χ4v) is 3.36. The standard InChI is InChI=1S/C24H21N5O4/c25-14-19-20(28-29(24(19)26)17-5-2-1-3-6-17)7-4-12-27-22(30)15-32-18-10-8-16-9-11-23(31)33-21(16)13-18/h1-3,5-6,8-11,13H,4,7,12,15,26H2,(H,27,30). The molecule has 1 amide bonds. The summed E-state index contributed by atoms with van der Waals surface area (Å²) < 4.78 is 12.1. The van der Waals surface area contributed by atoms with E-state index >= 15 is 0 Å². The number of carbonyl (C=O) groups excluding carboxylic acids is 1. The van der Waals surface area contributed by atoms with Crippen LogP contribution in [0.2, 0.25) is 0 Å². The van der Waals surface area contributed by atoms with Gasteiger partial charge < -0.3 is 20.2 Å². The lowest BCUT2D eigenvalue weighted by atomic mass is 10.1. The Balaban J connectivity index is 1.28. The monoisotopic (exact) mass is 443 g/mol. The molecule has 4 rings (SSSR count). The average molecular weight is 443 g/mol. The number of nitrogens with zero attached hydrogens (tertiary/aromatic N) is 3. The summed E-state index contributed by atoms with van der Waals surface area (Å²) in [5, 5.41) is 17.5. The molecule has 0 atom stereocenters. The van der Waals surface area contributed by atoms with Crippen molar-refractivity contribution >= 4 is 22.7 Å². The van der Waals surface area contributed by atoms with Gasteiger partial charge >= 0.3 is 5.63 Å². The van der Waals surface area contributed by atoms with E-state index < -0.39 is 5.63 Å². The number of aromatic nitrogens is 2. The first-order valence-electron chi connectivity index (χ1n) is 10.3. The van der Waals surface area contributed by atoms with Gasteiger partial charge in [0.1, 0.15) is 28.8 Å². The van der Waals surface area contributed by atoms with Crippen molar-refractivity contribution < 1.29 is 13.9 Å². The number of carbonyl (C=O) groups is 1. The molecule has 2 aromatic carbocycles. The quantitative estimate of drug-likeness (QED) is 0.315. The molecule has 33 heavy (non-hydrogen) atoms. The number of para-hydroxylation sites is 1. The molecule has 0 saturated heterocycles. The van der Waals surface area contributed by atoms with Crippen LogP contribution in [0.15, 0.2) is 69.9 Å². The van der Waals surface area contributed by atoms with Gasteiger partial charge in [0.05, 0.1) is 11.4 Å². The van der Waals surface area contributed by atoms with E-state index in [-0.39, 0.29) is 12.5 Å². The molecule has 2 aromatic heterocycles. The molecule has 0 bridgehead atoms. The van der Waals surface area contributed by atoms with Crippen molar-refractivity contribution in [3.63, 3.8) is 0 Å². The van der Waals surface area contributed by atoms with Gasteiger partial charge in [-0.3, -0.25) is 4.79 Å². The number of anilines is 1. The topological polar surface area (TPSA) is 136 Å². The van der Waals surface area contributed by atoms with Crippen molar-refractivity contribution in [1.29, 1.82) is 5.26 Å². The van der Waals surface area contributed by atoms with Gasteiger partial charge in [0.2, 0.25) is 0 Å². The van der Waals surface area contributed by atoms with Crippen molar-refractivity contribution in [1.82, 2.24) is 15.1 Å². The van der Waals surface area contributed by atoms with Gasteiger partial charge in [0.25, 0.3) is 5.91 Å². The number of nitrogens with one attached hydrogen (secondary N) is 1. The van der Waals surface area contributed by atoms with E-state index in [1.165, 1.54) is 6.07 Å². The number of fused-ring (bicyclic) bond motifs is 1. The van der Waals surface area contributed by atoms with E-state index in [9.17, 15) is 14.9 Å². The molecule has 9 nitrogen and oxygen atoms in total. The number of ether oxygens (including phenoxy) is 1. The zero-order valence-corrected chi connectivity index (χ0v) is 17.7. The third-order valence-electron chi connectivity index (χ3n) is 4.98. The molecule has 9 heteroatoms. The Kier molecular flexibility index (Phi) is 6.36. The third-order valence-corrected chi connectivity index (χ3v) is 4.98. The summed E-state index contributed by atoms with van der Waals surface area (Å²) in [6.07, 6.45) is 1.06. The van der Waals surface area contributed by atoms with Crippen LogP contribution in [-0.2, 0) is 11.2 Å². The summed E-state index contributed by atoms with van der Waals surface area (Å²) in [4.78, 5) is 23.5. The molecule has 0 fully saturated rings. The average Bonchev–Trinajstić information content (AvgIpc) is 3.15. The maximum atomic E-state index is 12.1. The number of hydrogen-bond acceptors (Lipinski definition) is 7. The number of aryl methyl sites for hydroxylation is 1. The Bertz CT molecular complexity index is 1390. The van der Waals surface area contributed by atoms with E-state index in [1.54, 1.807) is 28.9 Å². The Labute approximate surface area is 189 Å². The van der Waals surface area contributed by atoms with Crippen LogP contribution in [0.3, 0.4) is 0 Å². The van der Waals surface area contributed by atoms with Crippen LogP contribution in [0, 0.1) is 11.3 Å². The summed E-state index contributed by atoms with van der Waals surface area (Å²) in [7, 11) is 0. The van der Waals surface area contributed by atoms with Crippen molar-refractivity contribution in [3.05, 3.63) is 82.3 Å². The van der Waals surface area contributed by atoms with Crippen LogP contribution in [-0.4, -0.2) is 28.8 Å². The molecule has 0 saturated carbocycles. The highest BCUT2D eigenvalue weighted by atomic mass is 16.5. The fourth-order valence-electron chi connectivity index (χ4n) is 3.36. The highest BCUT2D eigenvalue weighted by molar-refractivity contribution is 5.79. The van der Waals surface area contributed by atoms with Crippen LogP contribution >= 0.6 is 0 Å². The van der Waals surface area contributed by atoms with Crippen LogP contribution in [0.25, 0.3) is 16.7 Å². The minimum absolute atomic E-state index is 0.179. The predicted molar refractivity (Wildman–Crippen MR) is 122 cm³/mol. The summed E-state index contributed by atoms with van der Waals surface area (Å²) in [5.41, 5.74) is 7.75. The zero-order chi connectivity index (χ0) is 23.2. The number of nitrogen functional groups attached to an aromatic ring is 1. The normalized spacial score (nSPS) is 10.6. The molecule has 0 aliphatic rings. The van der Waals surface area contributed by atoms with E-state index in [0.717, 1.165) is 11.1 Å². The van der Waals surface area contributed by atoms with Gasteiger partial charge in [-0.1, -0.05) is 18.2 Å². The molecule has 166 valence electrons. The number of nitriles is 1. The van der Waals surface area contributed by atoms with Crippen LogP contribution in [0.4, 0.5) is 5.82 Å². The van der Waals surface area contributed by atoms with E-state index in [1.807, 2.05) is 30.3 Å². The van der Waals surface area contributed by atoms with Gasteiger partial charge in [-0.05, 0) is 43.2 Å². The molecule has 0 spiro atoms. The van der Waals surface area contributed by atoms with Crippen LogP contribution < -0.4 is 21.4 Å². The molecule has 0 unspecified atom stereocenters. The Morgan fingerprint density at radius 1 is 1.18 bits per heavy atom. The minimum Gasteiger partial charge on any atom is -0.484 e. The lowest BCUT2D eigenvalue weighted by Crippen LogP contribution is -2.30. The highest BCUT2D eigenvalue weighted by Crippen LogP contribution is 2.21. The molecular weight excluding hydrogens is 422 g/mol. The Hall–Kier alpha value is -4.58. The largest absolute Gasteiger partial charge is 0.484 e. The molecule has 0 aliphatic heterocycles. The SMILES string of the molecule is N#Cc1c(CCCNC(=O)COc2ccc3ccc(=O)oc3c2)nn(-c2ccccc2)c1N. The zero-order valence-electron chi connectivity index (χ0n) is 17.7. The maximum Gasteiger partial charge on any atom is 0.336 e. The van der Waals surface area contributed by atoms with E-state index in [4.69, 9.17) is 14.9 Å². The van der Waals surface area contributed by atoms with Crippen LogP contribution in [0.1, 0.15) is 17.7 Å². The first-order chi connectivity index (χ1) is 16.0. The van der Waals surface area contributed by atoms with E-state index in [2.05, 4.69) is 16.5 Å². The van der Waals surface area contributed by atoms with Gasteiger partial charge in [0, 0.05) is 24.1 Å². The lowest BCUT2D eigenvalue weighted by molar-refractivity contribution is -0.123. The van der Waals surface area contributed by atoms with Gasteiger partial charge in [-0.15, -0.1) is 0 Å². The predicted octanol–water partition coefficient (Wildman–Crippen LogP) is 2.56. The van der Waals surface area contributed by atoms with Crippen molar-refractivity contribution in [3.8, 4) is 17.5 Å². The molecule has 2 heterocycles. The van der Waals surface area contributed by atoms with Crippen molar-refractivity contribution in [2.75, 3.05) is 18.9 Å². The summed E-state index contributed by atoms with van der Waals surface area (Å²) in [6.45, 7) is 0.208. The van der Waals surface area contributed by atoms with E-state index in [0.29, 0.717) is 47.8 Å². The summed E-state index contributed by atoms with van der Waals surface area (Å²) >= 11 is 0. The summed E-state index contributed by atoms with van der Waals surface area (Å²) in [5.74, 6) is 0.425. The van der Waals surface area contributed by atoms with Gasteiger partial charge in [0.15, 0.2) is 6.61 Å². The van der Waals surface area contributed by atoms with Gasteiger partial charge in [-0.25, -0.2) is 9.48 Å². The minimum atomic E-state index is -0.452. The van der Waals surface area contributed by atoms with Gasteiger partial charge in [-0.2, -0.15) is 10.4 Å². The number of hydrogen-bond donors (Lipinski definition) is 2. The number of rotatable bonds is 8. The third kappa shape index (κ3) is 5.02. The maximum absolute atomic E-state index is 12.1. The molecule has 0 radical (unpaired) electrons. The second kappa shape index (κ2) is 9.70. The van der Waals surface area contributed by atoms with Crippen LogP contribution in [0.5, 0.6) is 5.75 Å². The lowest BCUT2D eigenvalue weighted by Gasteiger charge is -2.08. The highest BCUT2D eigenvalue weighted by Gasteiger charge is 2.16. The van der Waals surface area contributed by atoms with Crippen molar-refractivity contribution in [2.24, 2.45) is 0 Å². The second-order valence-corrected chi connectivity index (χ2v) is 7.26. The molecule has 3 N–H and O–H groups in total.